The van der Waals surface area contributed by atoms with Crippen molar-refractivity contribution in [3.8, 4) is 11.5 Å². The predicted molar refractivity (Wildman–Crippen MR) is 94.4 cm³/mol. The Morgan fingerprint density at radius 2 is 1.88 bits per heavy atom. The summed E-state index contributed by atoms with van der Waals surface area (Å²) in [6.07, 6.45) is 1.84. The molecule has 4 rings (SSSR count). The third-order valence-electron chi connectivity index (χ3n) is 4.38. The number of benzene rings is 2. The molecule has 1 atom stereocenters. The van der Waals surface area contributed by atoms with E-state index in [2.05, 4.69) is 53.6 Å². The van der Waals surface area contributed by atoms with Crippen LogP contribution < -0.4 is 14.8 Å². The Balaban J connectivity index is 1.51. The zero-order valence-corrected chi connectivity index (χ0v) is 13.7. The number of aromatic nitrogens is 1. The summed E-state index contributed by atoms with van der Waals surface area (Å²) >= 11 is 0. The van der Waals surface area contributed by atoms with Crippen molar-refractivity contribution in [1.82, 2.24) is 10.3 Å². The molecule has 0 amide bonds. The highest BCUT2D eigenvalue weighted by atomic mass is 16.6. The average molecular weight is 320 g/mol. The van der Waals surface area contributed by atoms with Gasteiger partial charge in [-0.2, -0.15) is 0 Å². The van der Waals surface area contributed by atoms with Gasteiger partial charge in [0.1, 0.15) is 13.2 Å². The van der Waals surface area contributed by atoms with Crippen molar-refractivity contribution < 1.29 is 9.47 Å². The predicted octanol–water partition coefficient (Wildman–Crippen LogP) is 3.86. The van der Waals surface area contributed by atoms with Gasteiger partial charge in [-0.15, -0.1) is 0 Å². The van der Waals surface area contributed by atoms with E-state index in [9.17, 15) is 0 Å². The molecule has 0 fully saturated rings. The fourth-order valence-electron chi connectivity index (χ4n) is 3.02. The molecule has 1 unspecified atom stereocenters. The maximum Gasteiger partial charge on any atom is 0.161 e. The molecule has 2 heterocycles. The summed E-state index contributed by atoms with van der Waals surface area (Å²) in [6.45, 7) is 4.15. The lowest BCUT2D eigenvalue weighted by Gasteiger charge is -2.21. The van der Waals surface area contributed by atoms with Crippen LogP contribution in [-0.4, -0.2) is 18.2 Å². The molecule has 122 valence electrons. The first-order valence-corrected chi connectivity index (χ1v) is 8.27. The number of hydrogen-bond acceptors (Lipinski definition) is 4. The highest BCUT2D eigenvalue weighted by Crippen LogP contribution is 2.32. The number of hydrogen-bond donors (Lipinski definition) is 1. The second-order valence-corrected chi connectivity index (χ2v) is 6.00. The van der Waals surface area contributed by atoms with E-state index in [1.165, 1.54) is 16.5 Å². The van der Waals surface area contributed by atoms with Crippen molar-refractivity contribution in [3.63, 3.8) is 0 Å². The molecule has 0 spiro atoms. The summed E-state index contributed by atoms with van der Waals surface area (Å²) < 4.78 is 11.3. The molecule has 1 aromatic heterocycles. The Morgan fingerprint density at radius 1 is 1.04 bits per heavy atom. The van der Waals surface area contributed by atoms with Crippen LogP contribution in [0.5, 0.6) is 11.5 Å². The number of fused-ring (bicyclic) bond motifs is 2. The van der Waals surface area contributed by atoms with Gasteiger partial charge in [-0.25, -0.2) is 0 Å². The van der Waals surface area contributed by atoms with E-state index in [0.29, 0.717) is 13.2 Å². The van der Waals surface area contributed by atoms with Gasteiger partial charge in [0.2, 0.25) is 0 Å². The summed E-state index contributed by atoms with van der Waals surface area (Å²) in [5.74, 6) is 1.66. The zero-order chi connectivity index (χ0) is 16.4. The lowest BCUT2D eigenvalue weighted by molar-refractivity contribution is 0.171. The molecule has 0 aliphatic carbocycles. The van der Waals surface area contributed by atoms with E-state index in [4.69, 9.17) is 9.47 Å². The topological polar surface area (TPSA) is 43.4 Å². The summed E-state index contributed by atoms with van der Waals surface area (Å²) in [6, 6.07) is 16.7. The maximum atomic E-state index is 5.67. The standard InChI is InChI=1S/C20H20N2O2/c1-14(16-7-8-18-19(12-16)24-11-10-23-18)22-13-17-5-2-4-15-6-3-9-21-20(15)17/h2-9,12,14,22H,10-11,13H2,1H3. The Hall–Kier alpha value is -2.59. The van der Waals surface area contributed by atoms with Crippen LogP contribution in [0.3, 0.4) is 0 Å². The van der Waals surface area contributed by atoms with Gasteiger partial charge in [0, 0.05) is 24.2 Å². The zero-order valence-electron chi connectivity index (χ0n) is 13.7. The molecule has 1 aliphatic heterocycles. The minimum Gasteiger partial charge on any atom is -0.486 e. The third kappa shape index (κ3) is 2.93. The van der Waals surface area contributed by atoms with Crippen LogP contribution in [0.2, 0.25) is 0 Å². The van der Waals surface area contributed by atoms with Crippen LogP contribution >= 0.6 is 0 Å². The molecule has 0 saturated heterocycles. The largest absolute Gasteiger partial charge is 0.486 e. The fraction of sp³-hybridized carbons (Fsp3) is 0.250. The number of rotatable bonds is 4. The van der Waals surface area contributed by atoms with E-state index < -0.39 is 0 Å². The quantitative estimate of drug-likeness (QED) is 0.793. The molecule has 4 heteroatoms. The first kappa shape index (κ1) is 15.0. The van der Waals surface area contributed by atoms with Crippen LogP contribution in [-0.2, 0) is 6.54 Å². The van der Waals surface area contributed by atoms with Crippen molar-refractivity contribution in [2.75, 3.05) is 13.2 Å². The second-order valence-electron chi connectivity index (χ2n) is 6.00. The molecule has 24 heavy (non-hydrogen) atoms. The van der Waals surface area contributed by atoms with Crippen LogP contribution in [0, 0.1) is 0 Å². The number of pyridine rings is 1. The van der Waals surface area contributed by atoms with Gasteiger partial charge in [0.25, 0.3) is 0 Å². The number of nitrogens with zero attached hydrogens (tertiary/aromatic N) is 1. The van der Waals surface area contributed by atoms with Gasteiger partial charge in [0.05, 0.1) is 5.52 Å². The first-order chi connectivity index (χ1) is 11.8. The maximum absolute atomic E-state index is 5.67. The van der Waals surface area contributed by atoms with Crippen molar-refractivity contribution in [2.45, 2.75) is 19.5 Å². The first-order valence-electron chi connectivity index (χ1n) is 8.27. The van der Waals surface area contributed by atoms with E-state index in [1.807, 2.05) is 18.3 Å². The second kappa shape index (κ2) is 6.49. The molecule has 0 saturated carbocycles. The van der Waals surface area contributed by atoms with Crippen LogP contribution in [0.25, 0.3) is 10.9 Å². The highest BCUT2D eigenvalue weighted by Gasteiger charge is 2.14. The lowest BCUT2D eigenvalue weighted by atomic mass is 10.1. The minimum absolute atomic E-state index is 0.208. The smallest absolute Gasteiger partial charge is 0.161 e. The van der Waals surface area contributed by atoms with E-state index >= 15 is 0 Å². The average Bonchev–Trinajstić information content (AvgIpc) is 2.65. The lowest BCUT2D eigenvalue weighted by Crippen LogP contribution is -2.19. The Labute approximate surface area is 141 Å². The van der Waals surface area contributed by atoms with Gasteiger partial charge >= 0.3 is 0 Å². The van der Waals surface area contributed by atoms with Crippen molar-refractivity contribution in [2.24, 2.45) is 0 Å². The van der Waals surface area contributed by atoms with Gasteiger partial charge in [-0.3, -0.25) is 4.98 Å². The third-order valence-corrected chi connectivity index (χ3v) is 4.38. The fourth-order valence-corrected chi connectivity index (χ4v) is 3.02. The van der Waals surface area contributed by atoms with E-state index in [0.717, 1.165) is 23.6 Å². The Bertz CT molecular complexity index is 858. The van der Waals surface area contributed by atoms with Crippen LogP contribution in [0.15, 0.2) is 54.7 Å². The van der Waals surface area contributed by atoms with Crippen molar-refractivity contribution in [3.05, 3.63) is 65.9 Å². The minimum atomic E-state index is 0.208. The molecular weight excluding hydrogens is 300 g/mol. The molecule has 2 aromatic carbocycles. The van der Waals surface area contributed by atoms with E-state index in [1.54, 1.807) is 0 Å². The van der Waals surface area contributed by atoms with Crippen molar-refractivity contribution >= 4 is 10.9 Å². The molecule has 0 radical (unpaired) electrons. The summed E-state index contributed by atoms with van der Waals surface area (Å²) in [7, 11) is 0. The van der Waals surface area contributed by atoms with Gasteiger partial charge < -0.3 is 14.8 Å². The molecule has 3 aromatic rings. The molecule has 1 N–H and O–H groups in total. The van der Waals surface area contributed by atoms with Gasteiger partial charge in [-0.05, 0) is 36.2 Å². The number of nitrogens with one attached hydrogen (secondary N) is 1. The molecule has 4 nitrogen and oxygen atoms in total. The summed E-state index contributed by atoms with van der Waals surface area (Å²) in [5.41, 5.74) is 3.45. The number of para-hydroxylation sites is 1. The summed E-state index contributed by atoms with van der Waals surface area (Å²) in [4.78, 5) is 4.51. The molecule has 1 aliphatic rings. The van der Waals surface area contributed by atoms with Gasteiger partial charge in [0.15, 0.2) is 11.5 Å². The SMILES string of the molecule is CC(NCc1cccc2cccnc12)c1ccc2c(c1)OCCO2. The van der Waals surface area contributed by atoms with Crippen LogP contribution in [0.1, 0.15) is 24.1 Å². The van der Waals surface area contributed by atoms with Crippen LogP contribution in [0.4, 0.5) is 0 Å². The molecular formula is C20H20N2O2. The Morgan fingerprint density at radius 3 is 2.79 bits per heavy atom. The van der Waals surface area contributed by atoms with E-state index in [-0.39, 0.29) is 6.04 Å². The van der Waals surface area contributed by atoms with Gasteiger partial charge in [-0.1, -0.05) is 30.3 Å². The monoisotopic (exact) mass is 320 g/mol. The van der Waals surface area contributed by atoms with Crippen molar-refractivity contribution in [1.29, 1.82) is 0 Å². The normalized spacial score (nSPS) is 14.5. The highest BCUT2D eigenvalue weighted by molar-refractivity contribution is 5.81. The Kier molecular flexibility index (Phi) is 4.05. The number of ether oxygens (including phenoxy) is 2. The summed E-state index contributed by atoms with van der Waals surface area (Å²) in [5, 5.41) is 4.75. The molecule has 0 bridgehead atoms.